The van der Waals surface area contributed by atoms with Gasteiger partial charge in [0.05, 0.1) is 28.9 Å². The van der Waals surface area contributed by atoms with Crippen LogP contribution in [0.1, 0.15) is 23.5 Å². The summed E-state index contributed by atoms with van der Waals surface area (Å²) in [6.45, 7) is 0. The van der Waals surface area contributed by atoms with Crippen molar-refractivity contribution in [3.8, 4) is 28.6 Å². The lowest BCUT2D eigenvalue weighted by atomic mass is 10.0. The second kappa shape index (κ2) is 11.2. The molecular weight excluding hydrogens is 565 g/mol. The summed E-state index contributed by atoms with van der Waals surface area (Å²) in [6.07, 6.45) is 1.77. The van der Waals surface area contributed by atoms with Crippen LogP contribution in [0.2, 0.25) is 10.0 Å². The fourth-order valence-electron chi connectivity index (χ4n) is 4.73. The summed E-state index contributed by atoms with van der Waals surface area (Å²) in [7, 11) is 1.63. The third-order valence-corrected chi connectivity index (χ3v) is 7.78. The van der Waals surface area contributed by atoms with Crippen molar-refractivity contribution >= 4 is 46.2 Å². The molecule has 200 valence electrons. The van der Waals surface area contributed by atoms with Crippen molar-refractivity contribution in [2.24, 2.45) is 0 Å². The van der Waals surface area contributed by atoms with Crippen LogP contribution in [0.4, 0.5) is 5.69 Å². The Morgan fingerprint density at radius 1 is 0.850 bits per heavy atom. The van der Waals surface area contributed by atoms with Gasteiger partial charge in [0.2, 0.25) is 0 Å². The fourth-order valence-corrected chi connectivity index (χ4v) is 5.47. The number of halogens is 2. The molecule has 2 aromatic heterocycles. The van der Waals surface area contributed by atoms with Crippen LogP contribution in [0.5, 0.6) is 17.2 Å². The molecule has 1 fully saturated rings. The molecule has 0 aliphatic carbocycles. The number of aromatic nitrogens is 1. The van der Waals surface area contributed by atoms with Gasteiger partial charge in [-0.1, -0.05) is 35.3 Å². The van der Waals surface area contributed by atoms with Crippen molar-refractivity contribution < 1.29 is 13.9 Å². The Kier molecular flexibility index (Phi) is 7.34. The lowest BCUT2D eigenvalue weighted by Crippen LogP contribution is -2.29. The lowest BCUT2D eigenvalue weighted by Gasteiger charge is -2.26. The molecule has 0 spiro atoms. The summed E-state index contributed by atoms with van der Waals surface area (Å²) < 4.78 is 17.7. The fraction of sp³-hybridized carbons (Fsp3) is 0.0968. The van der Waals surface area contributed by atoms with Crippen LogP contribution < -0.4 is 19.7 Å². The molecule has 2 atom stereocenters. The predicted octanol–water partition coefficient (Wildman–Crippen LogP) is 8.63. The summed E-state index contributed by atoms with van der Waals surface area (Å²) >= 11 is 18.6. The Labute approximate surface area is 247 Å². The number of ether oxygens (including phenoxy) is 2. The van der Waals surface area contributed by atoms with Crippen molar-refractivity contribution in [2.45, 2.75) is 12.1 Å². The first-order valence-corrected chi connectivity index (χ1v) is 13.6. The van der Waals surface area contributed by atoms with E-state index in [1.807, 2.05) is 95.9 Å². The highest BCUT2D eigenvalue weighted by Crippen LogP contribution is 2.44. The highest BCUT2D eigenvalue weighted by Gasteiger charge is 2.42. The summed E-state index contributed by atoms with van der Waals surface area (Å²) in [5, 5.41) is 4.91. The number of hydrogen-bond acceptors (Lipinski definition) is 5. The molecule has 6 nitrogen and oxygen atoms in total. The van der Waals surface area contributed by atoms with E-state index in [0.717, 1.165) is 22.7 Å². The van der Waals surface area contributed by atoms with Crippen molar-refractivity contribution in [2.75, 3.05) is 12.0 Å². The Bertz CT molecular complexity index is 1640. The number of hydrogen-bond donors (Lipinski definition) is 1. The first kappa shape index (κ1) is 26.2. The largest absolute Gasteiger partial charge is 0.497 e. The van der Waals surface area contributed by atoms with Gasteiger partial charge in [-0.05, 0) is 97.1 Å². The maximum Gasteiger partial charge on any atom is 0.174 e. The van der Waals surface area contributed by atoms with Crippen molar-refractivity contribution in [1.29, 1.82) is 0 Å². The third-order valence-electron chi connectivity index (χ3n) is 6.64. The zero-order valence-electron chi connectivity index (χ0n) is 21.3. The molecule has 0 amide bonds. The lowest BCUT2D eigenvalue weighted by molar-refractivity contribution is 0.413. The molecule has 40 heavy (non-hydrogen) atoms. The standard InChI is InChI=1S/C31H23Cl2N3O3S/c1-37-20-12-14-22(15-13-20)38-21-10-8-19(9-11-21)36-30(29(35-31(36)40)25-7-2-3-18-34-25)27-17-16-26(39-27)23-5-4-6-24(32)28(23)33/h2-18,29-30H,1H3,(H,35,40)/t29-,30-/m0/s1. The number of thiocarbonyl (C=S) groups is 1. The van der Waals surface area contributed by atoms with E-state index in [0.29, 0.717) is 38.2 Å². The summed E-state index contributed by atoms with van der Waals surface area (Å²) in [5.74, 6) is 3.49. The Balaban J connectivity index is 1.34. The van der Waals surface area contributed by atoms with E-state index in [4.69, 9.17) is 49.3 Å². The molecule has 5 aromatic rings. The van der Waals surface area contributed by atoms with E-state index >= 15 is 0 Å². The highest BCUT2D eigenvalue weighted by atomic mass is 35.5. The number of anilines is 1. The molecule has 1 aliphatic heterocycles. The van der Waals surface area contributed by atoms with Crippen LogP contribution in [0.25, 0.3) is 11.3 Å². The topological polar surface area (TPSA) is 59.8 Å². The first-order valence-electron chi connectivity index (χ1n) is 12.5. The number of rotatable bonds is 7. The molecule has 3 heterocycles. The van der Waals surface area contributed by atoms with Crippen molar-refractivity contribution in [1.82, 2.24) is 10.3 Å². The van der Waals surface area contributed by atoms with Gasteiger partial charge in [-0.25, -0.2) is 0 Å². The zero-order chi connectivity index (χ0) is 27.6. The van der Waals surface area contributed by atoms with Gasteiger partial charge in [0.1, 0.15) is 34.8 Å². The van der Waals surface area contributed by atoms with Crippen LogP contribution in [0.15, 0.2) is 108 Å². The van der Waals surface area contributed by atoms with E-state index in [-0.39, 0.29) is 12.1 Å². The maximum atomic E-state index is 6.49. The van der Waals surface area contributed by atoms with Gasteiger partial charge >= 0.3 is 0 Å². The Hall–Kier alpha value is -4.04. The molecule has 0 bridgehead atoms. The van der Waals surface area contributed by atoms with E-state index in [1.165, 1.54) is 0 Å². The maximum absolute atomic E-state index is 6.49. The van der Waals surface area contributed by atoms with Crippen LogP contribution in [0, 0.1) is 0 Å². The van der Waals surface area contributed by atoms with Gasteiger partial charge in [0.15, 0.2) is 5.11 Å². The smallest absolute Gasteiger partial charge is 0.174 e. The molecule has 1 N–H and O–H groups in total. The number of pyridine rings is 1. The quantitative estimate of drug-likeness (QED) is 0.191. The van der Waals surface area contributed by atoms with E-state index < -0.39 is 0 Å². The molecular formula is C31H23Cl2N3O3S. The van der Waals surface area contributed by atoms with Gasteiger partial charge < -0.3 is 24.1 Å². The van der Waals surface area contributed by atoms with Gasteiger partial charge in [-0.15, -0.1) is 0 Å². The van der Waals surface area contributed by atoms with Gasteiger partial charge in [0, 0.05) is 17.4 Å². The number of nitrogens with zero attached hydrogens (tertiary/aromatic N) is 2. The number of methoxy groups -OCH3 is 1. The third kappa shape index (κ3) is 5.11. The average Bonchev–Trinajstić information content (AvgIpc) is 3.60. The van der Waals surface area contributed by atoms with E-state index in [2.05, 4.69) is 10.3 Å². The van der Waals surface area contributed by atoms with Crippen LogP contribution in [-0.2, 0) is 0 Å². The van der Waals surface area contributed by atoms with Crippen LogP contribution in [-0.4, -0.2) is 17.2 Å². The minimum Gasteiger partial charge on any atom is -0.497 e. The molecule has 0 radical (unpaired) electrons. The molecule has 9 heteroatoms. The number of nitrogens with one attached hydrogen (secondary N) is 1. The number of benzene rings is 3. The van der Waals surface area contributed by atoms with Crippen LogP contribution in [0.3, 0.4) is 0 Å². The van der Waals surface area contributed by atoms with E-state index in [1.54, 1.807) is 19.4 Å². The monoisotopic (exact) mass is 587 g/mol. The van der Waals surface area contributed by atoms with Crippen molar-refractivity contribution in [3.05, 3.63) is 125 Å². The molecule has 1 aliphatic rings. The molecule has 3 aromatic carbocycles. The average molecular weight is 589 g/mol. The highest BCUT2D eigenvalue weighted by molar-refractivity contribution is 7.80. The summed E-state index contributed by atoms with van der Waals surface area (Å²) in [5.41, 5.74) is 2.44. The molecule has 0 unspecified atom stereocenters. The number of furan rings is 1. The normalized spacial score (nSPS) is 16.6. The Morgan fingerprint density at radius 2 is 1.57 bits per heavy atom. The first-order chi connectivity index (χ1) is 19.5. The van der Waals surface area contributed by atoms with Gasteiger partial charge in [-0.2, -0.15) is 0 Å². The van der Waals surface area contributed by atoms with Crippen LogP contribution >= 0.6 is 35.4 Å². The second-order valence-electron chi connectivity index (χ2n) is 9.07. The molecule has 1 saturated heterocycles. The predicted molar refractivity (Wildman–Crippen MR) is 162 cm³/mol. The summed E-state index contributed by atoms with van der Waals surface area (Å²) in [6, 6.07) is 29.7. The van der Waals surface area contributed by atoms with E-state index in [9.17, 15) is 0 Å². The Morgan fingerprint density at radius 3 is 2.27 bits per heavy atom. The summed E-state index contributed by atoms with van der Waals surface area (Å²) in [4.78, 5) is 6.64. The molecule has 0 saturated carbocycles. The zero-order valence-corrected chi connectivity index (χ0v) is 23.6. The van der Waals surface area contributed by atoms with Gasteiger partial charge in [0.25, 0.3) is 0 Å². The van der Waals surface area contributed by atoms with Crippen molar-refractivity contribution in [3.63, 3.8) is 0 Å². The SMILES string of the molecule is COc1ccc(Oc2ccc(N3C(=S)N[C@@H](c4ccccn4)[C@@H]3c3ccc(-c4cccc(Cl)c4Cl)o3)cc2)cc1. The minimum absolute atomic E-state index is 0.252. The molecule has 6 rings (SSSR count). The minimum atomic E-state index is -0.317. The van der Waals surface area contributed by atoms with Gasteiger partial charge in [-0.3, -0.25) is 4.98 Å². The second-order valence-corrected chi connectivity index (χ2v) is 10.2.